The summed E-state index contributed by atoms with van der Waals surface area (Å²) in [6.45, 7) is 0.159. The quantitative estimate of drug-likeness (QED) is 0.305. The van der Waals surface area contributed by atoms with Crippen LogP contribution in [0.5, 0.6) is 23.0 Å². The molecule has 3 aromatic rings. The van der Waals surface area contributed by atoms with Crippen molar-refractivity contribution in [2.45, 2.75) is 6.61 Å². The van der Waals surface area contributed by atoms with Gasteiger partial charge in [0.15, 0.2) is 23.0 Å². The molecule has 4 amide bonds. The van der Waals surface area contributed by atoms with E-state index in [0.29, 0.717) is 33.0 Å². The average molecular weight is 595 g/mol. The van der Waals surface area contributed by atoms with Gasteiger partial charge in [-0.2, -0.15) is 0 Å². The molecule has 0 aromatic heterocycles. The number of fused-ring (bicyclic) bond motifs is 1. The molecule has 2 aliphatic heterocycles. The Morgan fingerprint density at radius 1 is 1.05 bits per heavy atom. The van der Waals surface area contributed by atoms with E-state index in [1.165, 1.54) is 37.5 Å². The van der Waals surface area contributed by atoms with Crippen LogP contribution in [0.4, 0.5) is 10.5 Å². The zero-order valence-corrected chi connectivity index (χ0v) is 21.8. The van der Waals surface area contributed by atoms with Crippen LogP contribution in [-0.2, 0) is 16.2 Å². The summed E-state index contributed by atoms with van der Waals surface area (Å²) in [5.41, 5.74) is 1.25. The zero-order valence-electron chi connectivity index (χ0n) is 20.2. The predicted octanol–water partition coefficient (Wildman–Crippen LogP) is 4.13. The van der Waals surface area contributed by atoms with E-state index in [1.807, 2.05) is 0 Å². The van der Waals surface area contributed by atoms with Gasteiger partial charge in [-0.3, -0.25) is 14.9 Å². The average Bonchev–Trinajstić information content (AvgIpc) is 3.39. The van der Waals surface area contributed by atoms with Gasteiger partial charge in [-0.1, -0.05) is 28.1 Å². The Hall–Kier alpha value is -4.84. The highest BCUT2D eigenvalue weighted by Crippen LogP contribution is 2.38. The molecule has 1 saturated heterocycles. The lowest BCUT2D eigenvalue weighted by atomic mass is 10.1. The second kappa shape index (κ2) is 10.5. The van der Waals surface area contributed by atoms with Gasteiger partial charge < -0.3 is 24.1 Å². The SMILES string of the molecule is COc1cc(C=C2C(=O)NC(=O)N(c3ccc4c(c3)OCO4)C2=O)c(Br)cc1OCc1ccc(C(=O)O)cc1. The van der Waals surface area contributed by atoms with Gasteiger partial charge in [-0.15, -0.1) is 0 Å². The van der Waals surface area contributed by atoms with Gasteiger partial charge in [-0.05, 0) is 53.6 Å². The number of methoxy groups -OCH3 is 1. The molecular weight excluding hydrogens is 576 g/mol. The predicted molar refractivity (Wildman–Crippen MR) is 140 cm³/mol. The lowest BCUT2D eigenvalue weighted by Gasteiger charge is -2.26. The van der Waals surface area contributed by atoms with Crippen LogP contribution in [0.15, 0.2) is 64.6 Å². The number of benzene rings is 3. The number of carboxylic acids is 1. The Balaban J connectivity index is 1.40. The lowest BCUT2D eigenvalue weighted by Crippen LogP contribution is -2.54. The third kappa shape index (κ3) is 5.14. The van der Waals surface area contributed by atoms with E-state index in [2.05, 4.69) is 21.2 Å². The number of nitrogens with one attached hydrogen (secondary N) is 1. The molecule has 0 radical (unpaired) electrons. The summed E-state index contributed by atoms with van der Waals surface area (Å²) >= 11 is 3.44. The van der Waals surface area contributed by atoms with Crippen LogP contribution in [0, 0.1) is 0 Å². The Morgan fingerprint density at radius 2 is 1.79 bits per heavy atom. The molecule has 11 nitrogen and oxygen atoms in total. The molecule has 39 heavy (non-hydrogen) atoms. The van der Waals surface area contributed by atoms with E-state index in [0.717, 1.165) is 10.5 Å². The van der Waals surface area contributed by atoms with Crippen molar-refractivity contribution >= 4 is 51.5 Å². The number of barbiturate groups is 1. The number of imide groups is 2. The van der Waals surface area contributed by atoms with Gasteiger partial charge >= 0.3 is 12.0 Å². The van der Waals surface area contributed by atoms with Crippen molar-refractivity contribution in [1.82, 2.24) is 5.32 Å². The van der Waals surface area contributed by atoms with E-state index in [1.54, 1.807) is 30.3 Å². The topological polar surface area (TPSA) is 141 Å². The Labute approximate surface area is 229 Å². The highest BCUT2D eigenvalue weighted by molar-refractivity contribution is 9.10. The molecule has 0 aliphatic carbocycles. The second-order valence-electron chi connectivity index (χ2n) is 8.31. The minimum atomic E-state index is -1.02. The number of carboxylic acid groups (broad SMARTS) is 1. The van der Waals surface area contributed by atoms with Crippen molar-refractivity contribution in [2.24, 2.45) is 0 Å². The van der Waals surface area contributed by atoms with E-state index in [-0.39, 0.29) is 30.2 Å². The largest absolute Gasteiger partial charge is 0.493 e. The van der Waals surface area contributed by atoms with E-state index in [9.17, 15) is 19.2 Å². The fraction of sp³-hybridized carbons (Fsp3) is 0.111. The summed E-state index contributed by atoms with van der Waals surface area (Å²) in [6.07, 6.45) is 1.34. The van der Waals surface area contributed by atoms with Crippen molar-refractivity contribution < 1.29 is 43.2 Å². The number of rotatable bonds is 7. The van der Waals surface area contributed by atoms with Crippen molar-refractivity contribution in [3.05, 3.63) is 81.3 Å². The van der Waals surface area contributed by atoms with Gasteiger partial charge in [0, 0.05) is 10.5 Å². The molecule has 0 unspecified atom stereocenters. The van der Waals surface area contributed by atoms with Crippen molar-refractivity contribution in [2.75, 3.05) is 18.8 Å². The maximum Gasteiger partial charge on any atom is 0.335 e. The number of anilines is 1. The van der Waals surface area contributed by atoms with Gasteiger partial charge in [0.1, 0.15) is 12.2 Å². The fourth-order valence-electron chi connectivity index (χ4n) is 3.91. The standard InChI is InChI=1S/C27H19BrN2O9/c1-36-21-9-16(19(28)11-23(21)37-12-14-2-4-15(5-3-14)26(33)34)8-18-24(31)29-27(35)30(25(18)32)17-6-7-20-22(10-17)39-13-38-20/h2-11H,12-13H2,1H3,(H,33,34)(H,29,31,35). The molecule has 2 aliphatic rings. The fourth-order valence-corrected chi connectivity index (χ4v) is 4.35. The summed E-state index contributed by atoms with van der Waals surface area (Å²) in [7, 11) is 1.44. The van der Waals surface area contributed by atoms with Crippen LogP contribution in [0.25, 0.3) is 6.08 Å². The van der Waals surface area contributed by atoms with E-state index in [4.69, 9.17) is 24.1 Å². The summed E-state index contributed by atoms with van der Waals surface area (Å²) in [5.74, 6) is -1.16. The maximum atomic E-state index is 13.3. The molecule has 0 saturated carbocycles. The number of nitrogens with zero attached hydrogens (tertiary/aromatic N) is 1. The van der Waals surface area contributed by atoms with Gasteiger partial charge in [0.25, 0.3) is 11.8 Å². The molecule has 1 fully saturated rings. The van der Waals surface area contributed by atoms with Crippen molar-refractivity contribution in [3.63, 3.8) is 0 Å². The number of aromatic carboxylic acids is 1. The molecule has 198 valence electrons. The second-order valence-corrected chi connectivity index (χ2v) is 9.17. The van der Waals surface area contributed by atoms with Crippen LogP contribution >= 0.6 is 15.9 Å². The first-order valence-corrected chi connectivity index (χ1v) is 12.2. The highest BCUT2D eigenvalue weighted by atomic mass is 79.9. The molecule has 0 atom stereocenters. The summed E-state index contributed by atoms with van der Waals surface area (Å²) in [6, 6.07) is 13.1. The van der Waals surface area contributed by atoms with Crippen molar-refractivity contribution in [1.29, 1.82) is 0 Å². The monoisotopic (exact) mass is 594 g/mol. The smallest absolute Gasteiger partial charge is 0.335 e. The molecule has 2 N–H and O–H groups in total. The van der Waals surface area contributed by atoms with Crippen molar-refractivity contribution in [3.8, 4) is 23.0 Å². The Morgan fingerprint density at radius 3 is 2.51 bits per heavy atom. The van der Waals surface area contributed by atoms with Crippen LogP contribution in [-0.4, -0.2) is 42.8 Å². The normalized spacial score (nSPS) is 15.4. The van der Waals surface area contributed by atoms with Crippen LogP contribution in [0.3, 0.4) is 0 Å². The number of halogens is 1. The summed E-state index contributed by atoms with van der Waals surface area (Å²) < 4.78 is 22.4. The molecule has 12 heteroatoms. The first-order chi connectivity index (χ1) is 18.7. The number of ether oxygens (including phenoxy) is 4. The Kier molecular flexibility index (Phi) is 6.94. The number of urea groups is 1. The molecule has 0 spiro atoms. The number of hydrogen-bond donors (Lipinski definition) is 2. The van der Waals surface area contributed by atoms with Crippen LogP contribution < -0.4 is 29.2 Å². The number of carbonyl (C=O) groups is 4. The van der Waals surface area contributed by atoms with Gasteiger partial charge in [-0.25, -0.2) is 14.5 Å². The minimum Gasteiger partial charge on any atom is -0.493 e. The molecule has 2 heterocycles. The Bertz CT molecular complexity index is 1550. The van der Waals surface area contributed by atoms with Gasteiger partial charge in [0.2, 0.25) is 6.79 Å². The summed E-state index contributed by atoms with van der Waals surface area (Å²) in [4.78, 5) is 50.4. The molecule has 5 rings (SSSR count). The third-order valence-corrected chi connectivity index (χ3v) is 6.58. The number of hydrogen-bond acceptors (Lipinski definition) is 8. The summed E-state index contributed by atoms with van der Waals surface area (Å²) in [5, 5.41) is 11.2. The lowest BCUT2D eigenvalue weighted by molar-refractivity contribution is -0.122. The van der Waals surface area contributed by atoms with Crippen LogP contribution in [0.2, 0.25) is 0 Å². The van der Waals surface area contributed by atoms with Gasteiger partial charge in [0.05, 0.1) is 18.4 Å². The minimum absolute atomic E-state index is 0.0230. The maximum absolute atomic E-state index is 13.3. The highest BCUT2D eigenvalue weighted by Gasteiger charge is 2.37. The third-order valence-electron chi connectivity index (χ3n) is 5.89. The first-order valence-electron chi connectivity index (χ1n) is 11.4. The molecule has 0 bridgehead atoms. The van der Waals surface area contributed by atoms with E-state index >= 15 is 0 Å². The molecule has 3 aromatic carbocycles. The zero-order chi connectivity index (χ0) is 27.7. The first kappa shape index (κ1) is 25.8. The van der Waals surface area contributed by atoms with E-state index < -0.39 is 23.8 Å². The molecular formula is C27H19BrN2O9. The van der Waals surface area contributed by atoms with Crippen LogP contribution in [0.1, 0.15) is 21.5 Å². The number of carbonyl (C=O) groups excluding carboxylic acids is 3. The number of amides is 4.